The Morgan fingerprint density at radius 2 is 1.79 bits per heavy atom. The molecular weight excluding hydrogens is 841 g/mol. The number of ketones is 1. The molecule has 14 nitrogen and oxygen atoms in total. The summed E-state index contributed by atoms with van der Waals surface area (Å²) in [5.41, 5.74) is 2.50. The van der Waals surface area contributed by atoms with Crippen LogP contribution in [-0.4, -0.2) is 94.1 Å². The first-order valence-electron chi connectivity index (χ1n) is 22.0. The second kappa shape index (κ2) is 18.7. The lowest BCUT2D eigenvalue weighted by Gasteiger charge is -2.29. The predicted molar refractivity (Wildman–Crippen MR) is 242 cm³/mol. The molecule has 1 saturated heterocycles. The minimum absolute atomic E-state index is 0.0427. The molecule has 5 atom stereocenters. The van der Waals surface area contributed by atoms with Crippen LogP contribution in [0.1, 0.15) is 110 Å². The smallest absolute Gasteiger partial charge is 0.307 e. The zero-order chi connectivity index (χ0) is 45.3. The van der Waals surface area contributed by atoms with Gasteiger partial charge in [-0.3, -0.25) is 23.7 Å². The zero-order valence-electron chi connectivity index (χ0n) is 37.3. The number of fused-ring (bicyclic) bond motifs is 3. The number of benzene rings is 2. The van der Waals surface area contributed by atoms with Crippen molar-refractivity contribution in [1.82, 2.24) is 28.5 Å². The number of imidazole rings is 1. The lowest BCUT2D eigenvalue weighted by atomic mass is 9.90. The summed E-state index contributed by atoms with van der Waals surface area (Å²) < 4.78 is 43.3. The third-order valence-corrected chi connectivity index (χ3v) is 14.5. The maximum absolute atomic E-state index is 14.8. The van der Waals surface area contributed by atoms with Gasteiger partial charge in [0.25, 0.3) is 6.01 Å². The number of nitrogens with one attached hydrogen (secondary N) is 1. The first kappa shape index (κ1) is 46.1. The number of nitrogens with zero attached hydrogens (tertiary/aromatic N) is 5. The average Bonchev–Trinajstić information content (AvgIpc) is 3.53. The zero-order valence-corrected chi connectivity index (χ0v) is 39.0. The van der Waals surface area contributed by atoms with Crippen molar-refractivity contribution in [3.63, 3.8) is 0 Å². The number of aromatic nitrogens is 3. The average molecular weight is 901 g/mol. The van der Waals surface area contributed by atoms with Gasteiger partial charge >= 0.3 is 16.2 Å². The molecule has 1 saturated carbocycles. The summed E-state index contributed by atoms with van der Waals surface area (Å²) in [6.45, 7) is 9.46. The highest BCUT2D eigenvalue weighted by Crippen LogP contribution is 2.57. The van der Waals surface area contributed by atoms with Crippen LogP contribution < -0.4 is 9.46 Å². The maximum atomic E-state index is 14.8. The number of allylic oxidation sites excluding steroid dienone is 2. The number of amides is 2. The Labute approximate surface area is 374 Å². The number of esters is 1. The molecule has 4 aromatic rings. The van der Waals surface area contributed by atoms with Crippen LogP contribution in [0.15, 0.2) is 66.1 Å². The summed E-state index contributed by atoms with van der Waals surface area (Å²) in [4.78, 5) is 68.3. The maximum Gasteiger partial charge on any atom is 0.307 e. The number of Topliss-reactive ketones (excluding diaryl/α,β-unsaturated/α-hetero) is 1. The molecule has 0 bridgehead atoms. The van der Waals surface area contributed by atoms with Crippen LogP contribution in [0.5, 0.6) is 6.01 Å². The number of para-hydroxylation sites is 1. The van der Waals surface area contributed by atoms with Gasteiger partial charge in [0.15, 0.2) is 5.78 Å². The highest BCUT2D eigenvalue weighted by molar-refractivity contribution is 7.87. The van der Waals surface area contributed by atoms with E-state index in [1.165, 1.54) is 24.6 Å². The standard InChI is InChI=1S/C47H60N6O8S2/c1-30(2)53-37-22-16-21-36(42-48-34(29-62-42)23-31-17-12-11-13-18-31)41(37)49-45(53)60-35-25-38-39(54)27-47(44(57)50-63(58,59)51(6)7)26-33(47)20-15-10-8-9-14-19-32(43(56)52(38)28-35)24-40(55)61-46(3,4)5/h11-13,15-18,20-22,29-30,32-33,35,38H,8-10,14,19,23-28H2,1-7H3,(H,50,57)/b20-15-/t32-,33+,35-,38+,47-/m1/s1. The van der Waals surface area contributed by atoms with Crippen LogP contribution >= 0.6 is 11.3 Å². The van der Waals surface area contributed by atoms with Crippen molar-refractivity contribution < 1.29 is 37.1 Å². The molecule has 2 amide bonds. The van der Waals surface area contributed by atoms with E-state index in [1.807, 2.05) is 67.0 Å². The Hall–Kier alpha value is -4.93. The number of ether oxygens (including phenoxy) is 2. The molecule has 63 heavy (non-hydrogen) atoms. The van der Waals surface area contributed by atoms with Crippen molar-refractivity contribution in [3.05, 3.63) is 77.3 Å². The molecule has 2 aromatic carbocycles. The molecule has 4 heterocycles. The molecule has 338 valence electrons. The van der Waals surface area contributed by atoms with Crippen LogP contribution in [0, 0.1) is 17.3 Å². The first-order valence-corrected chi connectivity index (χ1v) is 24.3. The SMILES string of the molecule is CC(C)n1c(O[C@@H]2C[C@H]3C(=O)C[C@]4(C(=O)NS(=O)(=O)N(C)C)C[C@@H]4/C=C\CCCCC[C@H](CC(=O)OC(C)(C)C)C(=O)N3C2)nc2c(-c3nc(Cc4ccccc4)cs3)cccc21. The monoisotopic (exact) mass is 900 g/mol. The summed E-state index contributed by atoms with van der Waals surface area (Å²) in [6.07, 6.45) is 7.38. The molecule has 0 spiro atoms. The van der Waals surface area contributed by atoms with Crippen LogP contribution in [-0.2, 0) is 40.5 Å². The van der Waals surface area contributed by atoms with Gasteiger partial charge in [0, 0.05) is 56.3 Å². The van der Waals surface area contributed by atoms with Gasteiger partial charge < -0.3 is 14.4 Å². The van der Waals surface area contributed by atoms with Gasteiger partial charge in [-0.25, -0.2) is 9.71 Å². The summed E-state index contributed by atoms with van der Waals surface area (Å²) in [6, 6.07) is 15.4. The van der Waals surface area contributed by atoms with E-state index < -0.39 is 51.2 Å². The van der Waals surface area contributed by atoms with E-state index in [4.69, 9.17) is 19.4 Å². The van der Waals surface area contributed by atoms with Crippen molar-refractivity contribution in [2.24, 2.45) is 17.3 Å². The minimum Gasteiger partial charge on any atom is -0.460 e. The van der Waals surface area contributed by atoms with Crippen molar-refractivity contribution in [2.45, 2.75) is 123 Å². The Kier molecular flexibility index (Phi) is 13.6. The van der Waals surface area contributed by atoms with E-state index >= 15 is 0 Å². The summed E-state index contributed by atoms with van der Waals surface area (Å²) in [5.74, 6) is -3.07. The van der Waals surface area contributed by atoms with Gasteiger partial charge in [0.05, 0.1) is 35.6 Å². The quantitative estimate of drug-likeness (QED) is 0.118. The minimum atomic E-state index is -4.14. The van der Waals surface area contributed by atoms with Crippen molar-refractivity contribution >= 4 is 56.1 Å². The second-order valence-corrected chi connectivity index (χ2v) is 21.4. The van der Waals surface area contributed by atoms with E-state index in [0.717, 1.165) is 45.3 Å². The number of hydrogen-bond donors (Lipinski definition) is 1. The van der Waals surface area contributed by atoms with Gasteiger partial charge in [-0.05, 0) is 83.9 Å². The molecule has 2 fully saturated rings. The van der Waals surface area contributed by atoms with Crippen LogP contribution in [0.4, 0.5) is 0 Å². The molecule has 1 N–H and O–H groups in total. The van der Waals surface area contributed by atoms with Gasteiger partial charge in [-0.1, -0.05) is 61.4 Å². The van der Waals surface area contributed by atoms with E-state index in [-0.39, 0.29) is 49.5 Å². The van der Waals surface area contributed by atoms with Gasteiger partial charge in [0.2, 0.25) is 11.8 Å². The molecule has 1 aliphatic carbocycles. The molecule has 16 heteroatoms. The third kappa shape index (κ3) is 10.6. The molecule has 2 aromatic heterocycles. The van der Waals surface area contributed by atoms with Crippen molar-refractivity contribution in [2.75, 3.05) is 20.6 Å². The fourth-order valence-corrected chi connectivity index (χ4v) is 10.3. The summed E-state index contributed by atoms with van der Waals surface area (Å²) in [7, 11) is -1.49. The molecule has 0 unspecified atom stereocenters. The Bertz CT molecular complexity index is 2470. The number of carbonyl (C=O) groups is 4. The fourth-order valence-electron chi connectivity index (χ4n) is 8.84. The summed E-state index contributed by atoms with van der Waals surface area (Å²) >= 11 is 1.55. The number of rotatable bonds is 11. The Morgan fingerprint density at radius 3 is 2.51 bits per heavy atom. The topological polar surface area (TPSA) is 170 Å². The Morgan fingerprint density at radius 1 is 1.03 bits per heavy atom. The highest BCUT2D eigenvalue weighted by Gasteiger charge is 2.61. The predicted octanol–water partition coefficient (Wildman–Crippen LogP) is 7.44. The normalized spacial score (nSPS) is 24.1. The van der Waals surface area contributed by atoms with Crippen molar-refractivity contribution in [1.29, 1.82) is 0 Å². The molecule has 7 rings (SSSR count). The van der Waals surface area contributed by atoms with Gasteiger partial charge in [-0.2, -0.15) is 17.7 Å². The molecule has 0 radical (unpaired) electrons. The van der Waals surface area contributed by atoms with E-state index in [2.05, 4.69) is 22.2 Å². The van der Waals surface area contributed by atoms with E-state index in [9.17, 15) is 27.6 Å². The van der Waals surface area contributed by atoms with Gasteiger partial charge in [-0.15, -0.1) is 11.3 Å². The fraction of sp³-hybridized carbons (Fsp3) is 0.532. The molecule has 3 aliphatic rings. The van der Waals surface area contributed by atoms with Crippen LogP contribution in [0.2, 0.25) is 0 Å². The Balaban J connectivity index is 1.21. The van der Waals surface area contributed by atoms with Gasteiger partial charge in [0.1, 0.15) is 22.2 Å². The van der Waals surface area contributed by atoms with Crippen LogP contribution in [0.3, 0.4) is 0 Å². The van der Waals surface area contributed by atoms with Crippen molar-refractivity contribution in [3.8, 4) is 16.6 Å². The number of carbonyl (C=O) groups excluding carboxylic acids is 4. The lowest BCUT2D eigenvalue weighted by molar-refractivity contribution is -0.159. The summed E-state index contributed by atoms with van der Waals surface area (Å²) in [5, 5.41) is 2.89. The van der Waals surface area contributed by atoms with E-state index in [1.54, 1.807) is 32.1 Å². The number of hydrogen-bond acceptors (Lipinski definition) is 11. The first-order chi connectivity index (χ1) is 29.8. The van der Waals surface area contributed by atoms with Crippen LogP contribution in [0.25, 0.3) is 21.6 Å². The molecular formula is C47H60N6O8S2. The molecule has 2 aliphatic heterocycles. The van der Waals surface area contributed by atoms with E-state index in [0.29, 0.717) is 37.2 Å². The highest BCUT2D eigenvalue weighted by atomic mass is 32.2. The second-order valence-electron chi connectivity index (χ2n) is 18.7. The lowest BCUT2D eigenvalue weighted by Crippen LogP contribution is -2.47. The largest absolute Gasteiger partial charge is 0.460 e. The number of thiazole rings is 1. The third-order valence-electron chi connectivity index (χ3n) is 12.2.